The summed E-state index contributed by atoms with van der Waals surface area (Å²) in [5.74, 6) is 0.499. The second-order valence-electron chi connectivity index (χ2n) is 4.24. The number of methoxy groups -OCH3 is 1. The second-order valence-corrected chi connectivity index (χ2v) is 4.24. The molecule has 1 unspecified atom stereocenters. The molecule has 1 rings (SSSR count). The second kappa shape index (κ2) is 6.98. The van der Waals surface area contributed by atoms with Gasteiger partial charge in [-0.05, 0) is 38.1 Å². The lowest BCUT2D eigenvalue weighted by Gasteiger charge is -2.12. The largest absolute Gasteiger partial charge is 0.491 e. The van der Waals surface area contributed by atoms with Crippen molar-refractivity contribution in [1.82, 2.24) is 0 Å². The van der Waals surface area contributed by atoms with E-state index >= 15 is 0 Å². The van der Waals surface area contributed by atoms with Crippen molar-refractivity contribution in [2.75, 3.05) is 19.0 Å². The normalized spacial score (nSPS) is 12.3. The summed E-state index contributed by atoms with van der Waals surface area (Å²) in [5, 5.41) is 2.71. The zero-order chi connectivity index (χ0) is 13.5. The summed E-state index contributed by atoms with van der Waals surface area (Å²) >= 11 is 0. The van der Waals surface area contributed by atoms with Gasteiger partial charge in [-0.15, -0.1) is 0 Å². The van der Waals surface area contributed by atoms with Crippen molar-refractivity contribution in [2.45, 2.75) is 26.0 Å². The first-order chi connectivity index (χ1) is 8.52. The molecule has 0 aromatic heterocycles. The van der Waals surface area contributed by atoms with E-state index in [2.05, 4.69) is 5.32 Å². The zero-order valence-electron chi connectivity index (χ0n) is 11.0. The average Bonchev–Trinajstić information content (AvgIpc) is 2.31. The number of carbonyl (C=O) groups excluding carboxylic acids is 1. The number of nitrogens with one attached hydrogen (secondary N) is 1. The summed E-state index contributed by atoms with van der Waals surface area (Å²) < 4.78 is 10.3. The summed E-state index contributed by atoms with van der Waals surface area (Å²) in [5.41, 5.74) is 6.29. The van der Waals surface area contributed by atoms with E-state index in [1.807, 2.05) is 13.8 Å². The van der Waals surface area contributed by atoms with E-state index in [1.165, 1.54) is 7.11 Å². The molecule has 0 aliphatic heterocycles. The topological polar surface area (TPSA) is 73.6 Å². The van der Waals surface area contributed by atoms with Gasteiger partial charge in [-0.1, -0.05) is 0 Å². The minimum absolute atomic E-state index is 0.126. The van der Waals surface area contributed by atoms with Crippen molar-refractivity contribution in [3.05, 3.63) is 24.3 Å². The first-order valence-electron chi connectivity index (χ1n) is 5.85. The Labute approximate surface area is 107 Å². The van der Waals surface area contributed by atoms with Crippen LogP contribution in [0.25, 0.3) is 0 Å². The lowest BCUT2D eigenvalue weighted by molar-refractivity contribution is -0.118. The third-order valence-electron chi connectivity index (χ3n) is 2.18. The van der Waals surface area contributed by atoms with Gasteiger partial charge in [-0.3, -0.25) is 4.79 Å². The number of hydrogen-bond acceptors (Lipinski definition) is 4. The lowest BCUT2D eigenvalue weighted by Crippen LogP contribution is -2.39. The Kier molecular flexibility index (Phi) is 5.61. The van der Waals surface area contributed by atoms with Crippen molar-refractivity contribution < 1.29 is 14.3 Å². The summed E-state index contributed by atoms with van der Waals surface area (Å²) in [6.45, 7) is 4.11. The van der Waals surface area contributed by atoms with Gasteiger partial charge in [0.1, 0.15) is 11.8 Å². The summed E-state index contributed by atoms with van der Waals surface area (Å²) in [7, 11) is 1.51. The highest BCUT2D eigenvalue weighted by atomic mass is 16.5. The van der Waals surface area contributed by atoms with Crippen LogP contribution in [0.5, 0.6) is 5.75 Å². The first-order valence-corrected chi connectivity index (χ1v) is 5.85. The molecule has 0 fully saturated rings. The molecule has 5 nitrogen and oxygen atoms in total. The van der Waals surface area contributed by atoms with Gasteiger partial charge in [0.05, 0.1) is 12.7 Å². The number of hydrogen-bond donors (Lipinski definition) is 2. The number of nitrogens with two attached hydrogens (primary N) is 1. The van der Waals surface area contributed by atoms with Crippen LogP contribution >= 0.6 is 0 Å². The molecular formula is C13H20N2O3. The Morgan fingerprint density at radius 2 is 1.94 bits per heavy atom. The molecule has 0 aliphatic carbocycles. The zero-order valence-corrected chi connectivity index (χ0v) is 11.0. The van der Waals surface area contributed by atoms with Gasteiger partial charge in [0.2, 0.25) is 5.91 Å². The van der Waals surface area contributed by atoms with Crippen LogP contribution in [-0.2, 0) is 9.53 Å². The monoisotopic (exact) mass is 252 g/mol. The summed E-state index contributed by atoms with van der Waals surface area (Å²) in [6.07, 6.45) is 0.126. The molecule has 100 valence electrons. The molecule has 1 amide bonds. The Balaban J connectivity index is 2.55. The van der Waals surface area contributed by atoms with Crippen molar-refractivity contribution >= 4 is 11.6 Å². The number of carbonyl (C=O) groups is 1. The fourth-order valence-electron chi connectivity index (χ4n) is 1.38. The van der Waals surface area contributed by atoms with Gasteiger partial charge < -0.3 is 20.5 Å². The highest BCUT2D eigenvalue weighted by Crippen LogP contribution is 2.16. The van der Waals surface area contributed by atoms with E-state index in [9.17, 15) is 4.79 Å². The first kappa shape index (κ1) is 14.5. The Morgan fingerprint density at radius 3 is 2.44 bits per heavy atom. The van der Waals surface area contributed by atoms with Crippen molar-refractivity contribution in [2.24, 2.45) is 5.73 Å². The molecule has 5 heteroatoms. The average molecular weight is 252 g/mol. The van der Waals surface area contributed by atoms with E-state index in [-0.39, 0.29) is 18.6 Å². The van der Waals surface area contributed by atoms with E-state index in [4.69, 9.17) is 15.2 Å². The maximum atomic E-state index is 11.6. The molecule has 1 atom stereocenters. The summed E-state index contributed by atoms with van der Waals surface area (Å²) in [4.78, 5) is 11.6. The number of ether oxygens (including phenoxy) is 2. The van der Waals surface area contributed by atoms with Gasteiger partial charge in [0, 0.05) is 12.8 Å². The van der Waals surface area contributed by atoms with E-state index in [1.54, 1.807) is 24.3 Å². The molecule has 0 bridgehead atoms. The van der Waals surface area contributed by atoms with Gasteiger partial charge in [-0.25, -0.2) is 0 Å². The van der Waals surface area contributed by atoms with Crippen molar-refractivity contribution in [1.29, 1.82) is 0 Å². The predicted molar refractivity (Wildman–Crippen MR) is 70.7 cm³/mol. The lowest BCUT2D eigenvalue weighted by atomic mass is 10.2. The Morgan fingerprint density at radius 1 is 1.33 bits per heavy atom. The molecule has 18 heavy (non-hydrogen) atoms. The van der Waals surface area contributed by atoms with Gasteiger partial charge in [-0.2, -0.15) is 0 Å². The Bertz CT molecular complexity index is 376. The minimum Gasteiger partial charge on any atom is -0.491 e. The molecule has 3 N–H and O–H groups in total. The summed E-state index contributed by atoms with van der Waals surface area (Å²) in [6, 6.07) is 6.49. The third kappa shape index (κ3) is 4.73. The standard InChI is InChI=1S/C13H20N2O3/c1-9(2)18-11-6-4-10(5-7-11)15-13(16)12(14)8-17-3/h4-7,9,12H,8,14H2,1-3H3,(H,15,16). The van der Waals surface area contributed by atoms with Gasteiger partial charge >= 0.3 is 0 Å². The van der Waals surface area contributed by atoms with Crippen LogP contribution in [0.3, 0.4) is 0 Å². The van der Waals surface area contributed by atoms with E-state index < -0.39 is 6.04 Å². The SMILES string of the molecule is COCC(N)C(=O)Nc1ccc(OC(C)C)cc1. The van der Waals surface area contributed by atoms with Crippen LogP contribution in [-0.4, -0.2) is 31.8 Å². The quantitative estimate of drug-likeness (QED) is 0.802. The van der Waals surface area contributed by atoms with Gasteiger partial charge in [0.25, 0.3) is 0 Å². The fraction of sp³-hybridized carbons (Fsp3) is 0.462. The smallest absolute Gasteiger partial charge is 0.243 e. The highest BCUT2D eigenvalue weighted by molar-refractivity contribution is 5.94. The molecule has 1 aromatic rings. The minimum atomic E-state index is -0.665. The number of benzene rings is 1. The van der Waals surface area contributed by atoms with Crippen LogP contribution in [0, 0.1) is 0 Å². The fourth-order valence-corrected chi connectivity index (χ4v) is 1.38. The molecule has 0 heterocycles. The maximum absolute atomic E-state index is 11.6. The number of rotatable bonds is 6. The van der Waals surface area contributed by atoms with Crippen LogP contribution in [0.4, 0.5) is 5.69 Å². The highest BCUT2D eigenvalue weighted by Gasteiger charge is 2.12. The Hall–Kier alpha value is -1.59. The van der Waals surface area contributed by atoms with Crippen molar-refractivity contribution in [3.8, 4) is 5.75 Å². The van der Waals surface area contributed by atoms with Crippen molar-refractivity contribution in [3.63, 3.8) is 0 Å². The van der Waals surface area contributed by atoms with Crippen LogP contribution < -0.4 is 15.8 Å². The van der Waals surface area contributed by atoms with Crippen LogP contribution in [0.1, 0.15) is 13.8 Å². The molecular weight excluding hydrogens is 232 g/mol. The number of anilines is 1. The molecule has 0 saturated heterocycles. The van der Waals surface area contributed by atoms with E-state index in [0.29, 0.717) is 5.69 Å². The molecule has 0 spiro atoms. The predicted octanol–water partition coefficient (Wildman–Crippen LogP) is 1.39. The number of amides is 1. The third-order valence-corrected chi connectivity index (χ3v) is 2.18. The molecule has 0 radical (unpaired) electrons. The molecule has 0 saturated carbocycles. The van der Waals surface area contributed by atoms with Crippen LogP contribution in [0.2, 0.25) is 0 Å². The van der Waals surface area contributed by atoms with Gasteiger partial charge in [0.15, 0.2) is 0 Å². The molecule has 1 aromatic carbocycles. The molecule has 0 aliphatic rings. The van der Waals surface area contributed by atoms with E-state index in [0.717, 1.165) is 5.75 Å². The maximum Gasteiger partial charge on any atom is 0.243 e. The van der Waals surface area contributed by atoms with Crippen LogP contribution in [0.15, 0.2) is 24.3 Å².